The number of hydrogen-bond acceptors (Lipinski definition) is 5. The van der Waals surface area contributed by atoms with Crippen molar-refractivity contribution in [2.75, 3.05) is 44.7 Å². The number of rotatable bonds is 8. The summed E-state index contributed by atoms with van der Waals surface area (Å²) in [7, 11) is 2.02. The summed E-state index contributed by atoms with van der Waals surface area (Å²) in [5.41, 5.74) is 7.14. The summed E-state index contributed by atoms with van der Waals surface area (Å²) in [6, 6.07) is 16.8. The average Bonchev–Trinajstić information content (AvgIpc) is 3.00. The zero-order valence-electron chi connectivity index (χ0n) is 25.8. The van der Waals surface area contributed by atoms with Gasteiger partial charge in [0, 0.05) is 69.3 Å². The number of anilines is 1. The van der Waals surface area contributed by atoms with Crippen molar-refractivity contribution in [1.82, 2.24) is 14.8 Å². The quantitative estimate of drug-likeness (QED) is 0.325. The second-order valence-corrected chi connectivity index (χ2v) is 14.2. The number of pyridine rings is 1. The number of benzene rings is 2. The molecule has 4 saturated carbocycles. The smallest absolute Gasteiger partial charge is 0.253 e. The lowest BCUT2D eigenvalue weighted by Crippen LogP contribution is -2.51. The molecule has 1 aliphatic heterocycles. The summed E-state index contributed by atoms with van der Waals surface area (Å²) >= 11 is 0. The third kappa shape index (κ3) is 5.91. The number of aromatic hydroxyl groups is 1. The van der Waals surface area contributed by atoms with Crippen LogP contribution in [0.1, 0.15) is 66.9 Å². The molecular weight excluding hydrogens is 532 g/mol. The van der Waals surface area contributed by atoms with Gasteiger partial charge < -0.3 is 14.9 Å². The number of carbonyl (C=O) groups is 1. The molecule has 5 fully saturated rings. The molecule has 4 aliphatic carbocycles. The number of carbonyl (C=O) groups excluding carboxylic acids is 1. The Morgan fingerprint density at radius 2 is 1.56 bits per heavy atom. The second-order valence-electron chi connectivity index (χ2n) is 14.2. The minimum Gasteiger partial charge on any atom is -0.506 e. The summed E-state index contributed by atoms with van der Waals surface area (Å²) < 4.78 is 0. The molecule has 6 heteroatoms. The highest BCUT2D eigenvalue weighted by molar-refractivity contribution is 5.94. The summed E-state index contributed by atoms with van der Waals surface area (Å²) in [4.78, 5) is 24.6. The van der Waals surface area contributed by atoms with Crippen LogP contribution >= 0.6 is 0 Å². The first-order chi connectivity index (χ1) is 20.9. The topological polar surface area (TPSA) is 59.9 Å². The Bertz CT molecular complexity index is 1420. The third-order valence-corrected chi connectivity index (χ3v) is 11.0. The van der Waals surface area contributed by atoms with E-state index < -0.39 is 0 Å². The lowest BCUT2D eigenvalue weighted by molar-refractivity contribution is -0.0629. The van der Waals surface area contributed by atoms with Gasteiger partial charge in [-0.15, -0.1) is 0 Å². The lowest BCUT2D eigenvalue weighted by atomic mass is 9.49. The third-order valence-electron chi connectivity index (χ3n) is 11.0. The second kappa shape index (κ2) is 11.6. The Balaban J connectivity index is 0.933. The van der Waals surface area contributed by atoms with Crippen LogP contribution in [0.4, 0.5) is 5.69 Å². The zero-order chi connectivity index (χ0) is 29.6. The minimum atomic E-state index is 0.171. The number of nitrogens with zero attached hydrogens (tertiary/aromatic N) is 4. The molecule has 4 bridgehead atoms. The molecule has 2 heterocycles. The molecule has 0 atom stereocenters. The van der Waals surface area contributed by atoms with Gasteiger partial charge in [0.1, 0.15) is 5.75 Å². The highest BCUT2D eigenvalue weighted by Gasteiger charge is 2.51. The van der Waals surface area contributed by atoms with Crippen LogP contribution in [0.15, 0.2) is 60.9 Å². The maximum atomic E-state index is 13.4. The van der Waals surface area contributed by atoms with Gasteiger partial charge in [-0.1, -0.05) is 25.1 Å². The van der Waals surface area contributed by atoms with E-state index in [0.29, 0.717) is 5.41 Å². The molecule has 1 saturated heterocycles. The monoisotopic (exact) mass is 578 g/mol. The van der Waals surface area contributed by atoms with E-state index in [-0.39, 0.29) is 11.7 Å². The van der Waals surface area contributed by atoms with Crippen molar-refractivity contribution in [3.05, 3.63) is 77.6 Å². The zero-order valence-corrected chi connectivity index (χ0v) is 25.8. The van der Waals surface area contributed by atoms with Gasteiger partial charge in [-0.3, -0.25) is 14.7 Å². The maximum absolute atomic E-state index is 13.4. The molecule has 1 aromatic heterocycles. The Morgan fingerprint density at radius 1 is 0.884 bits per heavy atom. The molecule has 0 spiro atoms. The predicted molar refractivity (Wildman–Crippen MR) is 172 cm³/mol. The highest BCUT2D eigenvalue weighted by atomic mass is 16.3. The molecule has 1 N–H and O–H groups in total. The SMILES string of the molecule is CCc1cc(-c2cncc(O)c2)ccc1CN1CCN(c2ccc(C(=O)N(C)CC34CC5CC(CC(C5)C3)C4)cc2)CC1. The fourth-order valence-electron chi connectivity index (χ4n) is 9.37. The van der Waals surface area contributed by atoms with Gasteiger partial charge in [0.25, 0.3) is 5.91 Å². The Labute approximate surface area is 256 Å². The standard InChI is InChI=1S/C37H46N4O2/c1-3-29-17-31(33-18-35(42)23-38-22-33)4-5-32(29)24-40-10-12-41(13-11-40)34-8-6-30(7-9-34)36(43)39(2)25-37-19-26-14-27(20-37)16-28(15-26)21-37/h4-9,17-18,22-23,26-28,42H,3,10-16,19-21,24-25H2,1-2H3. The Kier molecular flexibility index (Phi) is 7.66. The number of amides is 1. The molecule has 0 radical (unpaired) electrons. The van der Waals surface area contributed by atoms with Crippen molar-refractivity contribution in [1.29, 1.82) is 0 Å². The van der Waals surface area contributed by atoms with Crippen LogP contribution in [-0.2, 0) is 13.0 Å². The molecule has 6 nitrogen and oxygen atoms in total. The summed E-state index contributed by atoms with van der Waals surface area (Å²) in [5.74, 6) is 3.11. The van der Waals surface area contributed by atoms with Gasteiger partial charge in [-0.25, -0.2) is 0 Å². The average molecular weight is 579 g/mol. The van der Waals surface area contributed by atoms with Crippen molar-refractivity contribution >= 4 is 11.6 Å². The van der Waals surface area contributed by atoms with Crippen molar-refractivity contribution in [3.8, 4) is 16.9 Å². The van der Waals surface area contributed by atoms with E-state index in [1.54, 1.807) is 12.3 Å². The predicted octanol–water partition coefficient (Wildman–Crippen LogP) is 6.63. The molecule has 2 aromatic carbocycles. The van der Waals surface area contributed by atoms with Crippen molar-refractivity contribution in [3.63, 3.8) is 0 Å². The molecule has 43 heavy (non-hydrogen) atoms. The van der Waals surface area contributed by atoms with Gasteiger partial charge in [0.2, 0.25) is 0 Å². The first-order valence-electron chi connectivity index (χ1n) is 16.5. The molecular formula is C37H46N4O2. The number of aryl methyl sites for hydroxylation is 1. The van der Waals surface area contributed by atoms with Crippen LogP contribution in [0.2, 0.25) is 0 Å². The van der Waals surface area contributed by atoms with Crippen LogP contribution in [0.25, 0.3) is 11.1 Å². The van der Waals surface area contributed by atoms with Crippen molar-refractivity contribution in [2.45, 2.75) is 58.4 Å². The minimum absolute atomic E-state index is 0.171. The van der Waals surface area contributed by atoms with Crippen molar-refractivity contribution < 1.29 is 9.90 Å². The molecule has 1 amide bonds. The molecule has 5 aliphatic rings. The van der Waals surface area contributed by atoms with Crippen LogP contribution < -0.4 is 4.90 Å². The van der Waals surface area contributed by atoms with E-state index in [4.69, 9.17) is 0 Å². The molecule has 0 unspecified atom stereocenters. The Hall–Kier alpha value is -3.38. The van der Waals surface area contributed by atoms with Gasteiger partial charge in [-0.2, -0.15) is 0 Å². The summed E-state index contributed by atoms with van der Waals surface area (Å²) in [5, 5.41) is 9.84. The molecule has 8 rings (SSSR count). The van der Waals surface area contributed by atoms with Crippen LogP contribution in [0.5, 0.6) is 5.75 Å². The van der Waals surface area contributed by atoms with E-state index in [9.17, 15) is 9.90 Å². The maximum Gasteiger partial charge on any atom is 0.253 e. The number of piperazine rings is 1. The largest absolute Gasteiger partial charge is 0.506 e. The Morgan fingerprint density at radius 3 is 2.19 bits per heavy atom. The normalized spacial score (nSPS) is 26.6. The molecule has 226 valence electrons. The van der Waals surface area contributed by atoms with E-state index in [2.05, 4.69) is 52.0 Å². The fraction of sp³-hybridized carbons (Fsp3) is 0.514. The van der Waals surface area contributed by atoms with Crippen LogP contribution in [0.3, 0.4) is 0 Å². The number of hydrogen-bond donors (Lipinski definition) is 1. The van der Waals surface area contributed by atoms with Gasteiger partial charge in [0.15, 0.2) is 0 Å². The van der Waals surface area contributed by atoms with Crippen LogP contribution in [0, 0.1) is 23.2 Å². The summed E-state index contributed by atoms with van der Waals surface area (Å²) in [6.07, 6.45) is 12.6. The van der Waals surface area contributed by atoms with E-state index >= 15 is 0 Å². The number of aromatic nitrogens is 1. The first kappa shape index (κ1) is 28.4. The van der Waals surface area contributed by atoms with Gasteiger partial charge >= 0.3 is 0 Å². The van der Waals surface area contributed by atoms with E-state index in [0.717, 1.165) is 80.1 Å². The van der Waals surface area contributed by atoms with Gasteiger partial charge in [0.05, 0.1) is 6.20 Å². The fourth-order valence-corrected chi connectivity index (χ4v) is 9.37. The summed E-state index contributed by atoms with van der Waals surface area (Å²) in [6.45, 7) is 8.05. The molecule has 3 aromatic rings. The van der Waals surface area contributed by atoms with Crippen molar-refractivity contribution in [2.24, 2.45) is 23.2 Å². The van der Waals surface area contributed by atoms with E-state index in [1.165, 1.54) is 61.5 Å². The van der Waals surface area contributed by atoms with E-state index in [1.807, 2.05) is 24.1 Å². The van der Waals surface area contributed by atoms with Crippen LogP contribution in [-0.4, -0.2) is 65.6 Å². The lowest BCUT2D eigenvalue weighted by Gasteiger charge is -2.57. The van der Waals surface area contributed by atoms with Gasteiger partial charge in [-0.05, 0) is 115 Å². The first-order valence-corrected chi connectivity index (χ1v) is 16.5. The highest BCUT2D eigenvalue weighted by Crippen LogP contribution is 2.60.